The molecule has 0 aliphatic heterocycles. The number of aromatic amines is 1. The van der Waals surface area contributed by atoms with Crippen LogP contribution in [0.3, 0.4) is 0 Å². The largest absolute Gasteiger partial charge is 0.362 e. The summed E-state index contributed by atoms with van der Waals surface area (Å²) in [5.74, 6) is 0.244. The smallest absolute Gasteiger partial charge is 0.143 e. The maximum Gasteiger partial charge on any atom is 0.143 e. The highest BCUT2D eigenvalue weighted by molar-refractivity contribution is 5.23. The van der Waals surface area contributed by atoms with Gasteiger partial charge in [-0.05, 0) is 12.8 Å². The molecule has 0 aromatic carbocycles. The standard InChI is InChI=1S/C8H12FN/c1-5(2)8-6(3)7(9)4-10-8/h4-5,10H,1-3H3. The Hall–Kier alpha value is -0.790. The van der Waals surface area contributed by atoms with Gasteiger partial charge in [0.25, 0.3) is 0 Å². The molecule has 0 aliphatic carbocycles. The van der Waals surface area contributed by atoms with Gasteiger partial charge < -0.3 is 4.98 Å². The molecule has 0 radical (unpaired) electrons. The molecule has 0 spiro atoms. The minimum Gasteiger partial charge on any atom is -0.362 e. The second-order valence-corrected chi connectivity index (χ2v) is 2.83. The maximum atomic E-state index is 12.7. The van der Waals surface area contributed by atoms with Gasteiger partial charge in [-0.25, -0.2) is 4.39 Å². The van der Waals surface area contributed by atoms with Crippen molar-refractivity contribution in [2.45, 2.75) is 26.7 Å². The average Bonchev–Trinajstić information content (AvgIpc) is 2.14. The molecule has 0 fully saturated rings. The summed E-state index contributed by atoms with van der Waals surface area (Å²) in [6, 6.07) is 0. The minimum absolute atomic E-state index is 0.135. The predicted octanol–water partition coefficient (Wildman–Crippen LogP) is 2.59. The summed E-state index contributed by atoms with van der Waals surface area (Å²) in [5.41, 5.74) is 1.74. The molecule has 0 unspecified atom stereocenters. The number of halogens is 1. The molecule has 1 N–H and O–H groups in total. The second-order valence-electron chi connectivity index (χ2n) is 2.83. The molecule has 0 saturated carbocycles. The van der Waals surface area contributed by atoms with Gasteiger partial charge in [-0.15, -0.1) is 0 Å². The van der Waals surface area contributed by atoms with E-state index >= 15 is 0 Å². The molecular formula is C8H12FN. The highest BCUT2D eigenvalue weighted by Gasteiger charge is 2.08. The van der Waals surface area contributed by atoms with Crippen LogP contribution in [0.2, 0.25) is 0 Å². The quantitative estimate of drug-likeness (QED) is 0.618. The third-order valence-corrected chi connectivity index (χ3v) is 1.69. The van der Waals surface area contributed by atoms with Crippen LogP contribution in [0, 0.1) is 12.7 Å². The van der Waals surface area contributed by atoms with Crippen LogP contribution in [0.25, 0.3) is 0 Å². The molecule has 10 heavy (non-hydrogen) atoms. The molecule has 0 saturated heterocycles. The zero-order chi connectivity index (χ0) is 7.72. The van der Waals surface area contributed by atoms with E-state index in [1.165, 1.54) is 6.20 Å². The van der Waals surface area contributed by atoms with Crippen LogP contribution >= 0.6 is 0 Å². The molecule has 0 bridgehead atoms. The lowest BCUT2D eigenvalue weighted by atomic mass is 10.1. The van der Waals surface area contributed by atoms with Crippen molar-refractivity contribution in [2.24, 2.45) is 0 Å². The SMILES string of the molecule is Cc1c(F)c[nH]c1C(C)C. The Balaban J connectivity index is 3.05. The van der Waals surface area contributed by atoms with Crippen molar-refractivity contribution in [3.05, 3.63) is 23.3 Å². The molecule has 1 aromatic heterocycles. The predicted molar refractivity (Wildman–Crippen MR) is 39.6 cm³/mol. The van der Waals surface area contributed by atoms with Gasteiger partial charge in [0, 0.05) is 17.5 Å². The van der Waals surface area contributed by atoms with E-state index < -0.39 is 0 Å². The number of H-pyrrole nitrogens is 1. The number of nitrogens with one attached hydrogen (secondary N) is 1. The van der Waals surface area contributed by atoms with E-state index in [0.717, 1.165) is 11.3 Å². The summed E-state index contributed by atoms with van der Waals surface area (Å²) in [4.78, 5) is 2.90. The van der Waals surface area contributed by atoms with Gasteiger partial charge in [-0.2, -0.15) is 0 Å². The van der Waals surface area contributed by atoms with Crippen molar-refractivity contribution >= 4 is 0 Å². The highest BCUT2D eigenvalue weighted by atomic mass is 19.1. The van der Waals surface area contributed by atoms with Gasteiger partial charge in [-0.1, -0.05) is 13.8 Å². The number of rotatable bonds is 1. The lowest BCUT2D eigenvalue weighted by Gasteiger charge is -2.01. The fourth-order valence-corrected chi connectivity index (χ4v) is 1.09. The highest BCUT2D eigenvalue weighted by Crippen LogP contribution is 2.18. The Kier molecular flexibility index (Phi) is 1.79. The van der Waals surface area contributed by atoms with E-state index in [9.17, 15) is 4.39 Å². The normalized spacial score (nSPS) is 10.9. The van der Waals surface area contributed by atoms with Gasteiger partial charge >= 0.3 is 0 Å². The molecule has 1 nitrogen and oxygen atoms in total. The summed E-state index contributed by atoms with van der Waals surface area (Å²) in [6.07, 6.45) is 1.41. The Morgan fingerprint density at radius 3 is 2.30 bits per heavy atom. The van der Waals surface area contributed by atoms with Crippen LogP contribution in [0.5, 0.6) is 0 Å². The van der Waals surface area contributed by atoms with Crippen LogP contribution in [-0.4, -0.2) is 4.98 Å². The van der Waals surface area contributed by atoms with Crippen molar-refractivity contribution in [2.75, 3.05) is 0 Å². The van der Waals surface area contributed by atoms with Gasteiger partial charge in [0.05, 0.1) is 0 Å². The van der Waals surface area contributed by atoms with Gasteiger partial charge in [0.1, 0.15) is 5.82 Å². The zero-order valence-corrected chi connectivity index (χ0v) is 6.53. The minimum atomic E-state index is -0.135. The zero-order valence-electron chi connectivity index (χ0n) is 6.53. The van der Waals surface area contributed by atoms with Crippen molar-refractivity contribution in [1.29, 1.82) is 0 Å². The molecular weight excluding hydrogens is 129 g/mol. The first-order valence-electron chi connectivity index (χ1n) is 3.46. The molecule has 1 heterocycles. The van der Waals surface area contributed by atoms with Crippen molar-refractivity contribution in [3.63, 3.8) is 0 Å². The summed E-state index contributed by atoms with van der Waals surface area (Å²) >= 11 is 0. The monoisotopic (exact) mass is 141 g/mol. The molecule has 1 rings (SSSR count). The topological polar surface area (TPSA) is 15.8 Å². The molecule has 0 aliphatic rings. The summed E-state index contributed by atoms with van der Waals surface area (Å²) < 4.78 is 12.7. The summed E-state index contributed by atoms with van der Waals surface area (Å²) in [7, 11) is 0. The van der Waals surface area contributed by atoms with E-state index in [-0.39, 0.29) is 5.82 Å². The lowest BCUT2D eigenvalue weighted by Crippen LogP contribution is -1.89. The van der Waals surface area contributed by atoms with Gasteiger partial charge in [0.15, 0.2) is 0 Å². The van der Waals surface area contributed by atoms with Crippen LogP contribution in [-0.2, 0) is 0 Å². The Morgan fingerprint density at radius 1 is 1.50 bits per heavy atom. The fourth-order valence-electron chi connectivity index (χ4n) is 1.09. The van der Waals surface area contributed by atoms with Crippen molar-refractivity contribution in [3.8, 4) is 0 Å². The van der Waals surface area contributed by atoms with E-state index in [4.69, 9.17) is 0 Å². The molecule has 56 valence electrons. The summed E-state index contributed by atoms with van der Waals surface area (Å²) in [6.45, 7) is 5.87. The van der Waals surface area contributed by atoms with E-state index in [1.807, 2.05) is 13.8 Å². The van der Waals surface area contributed by atoms with Crippen molar-refractivity contribution in [1.82, 2.24) is 4.98 Å². The molecule has 0 atom stereocenters. The molecule has 1 aromatic rings. The first-order valence-corrected chi connectivity index (χ1v) is 3.46. The lowest BCUT2D eigenvalue weighted by molar-refractivity contribution is 0.620. The first-order chi connectivity index (χ1) is 4.63. The van der Waals surface area contributed by atoms with E-state index in [0.29, 0.717) is 5.92 Å². The van der Waals surface area contributed by atoms with Crippen LogP contribution < -0.4 is 0 Å². The number of hydrogen-bond donors (Lipinski definition) is 1. The summed E-state index contributed by atoms with van der Waals surface area (Å²) in [5, 5.41) is 0. The Bertz CT molecular complexity index is 225. The molecule has 2 heteroatoms. The van der Waals surface area contributed by atoms with Crippen LogP contribution in [0.1, 0.15) is 31.0 Å². The first kappa shape index (κ1) is 7.32. The molecule has 0 amide bonds. The fraction of sp³-hybridized carbons (Fsp3) is 0.500. The van der Waals surface area contributed by atoms with Crippen LogP contribution in [0.4, 0.5) is 4.39 Å². The Morgan fingerprint density at radius 2 is 2.10 bits per heavy atom. The van der Waals surface area contributed by atoms with E-state index in [2.05, 4.69) is 4.98 Å². The van der Waals surface area contributed by atoms with Crippen molar-refractivity contribution < 1.29 is 4.39 Å². The second kappa shape index (κ2) is 2.45. The Labute approximate surface area is 60.3 Å². The number of aromatic nitrogens is 1. The maximum absolute atomic E-state index is 12.7. The van der Waals surface area contributed by atoms with Crippen LogP contribution in [0.15, 0.2) is 6.20 Å². The van der Waals surface area contributed by atoms with Gasteiger partial charge in [-0.3, -0.25) is 0 Å². The third kappa shape index (κ3) is 1.06. The average molecular weight is 141 g/mol. The third-order valence-electron chi connectivity index (χ3n) is 1.69. The van der Waals surface area contributed by atoms with E-state index in [1.54, 1.807) is 6.92 Å². The van der Waals surface area contributed by atoms with Gasteiger partial charge in [0.2, 0.25) is 0 Å². The number of hydrogen-bond acceptors (Lipinski definition) is 0.